The molecule has 12 heavy (non-hydrogen) atoms. The van der Waals surface area contributed by atoms with Crippen molar-refractivity contribution in [1.82, 2.24) is 14.8 Å². The van der Waals surface area contributed by atoms with Crippen LogP contribution in [0.2, 0.25) is 0 Å². The summed E-state index contributed by atoms with van der Waals surface area (Å²) in [7, 11) is 0. The standard InChI is InChI=1S/C6H10N4O2/c1-3-5(2)9-4-7-6(8-9)10(11)12/h4-5H,3H2,1-2H3. The first-order valence-corrected chi connectivity index (χ1v) is 3.70. The van der Waals surface area contributed by atoms with Crippen LogP contribution in [0.4, 0.5) is 5.95 Å². The Labute approximate surface area is 69.4 Å². The molecule has 0 aliphatic carbocycles. The first kappa shape index (κ1) is 8.63. The molecule has 6 nitrogen and oxygen atoms in total. The van der Waals surface area contributed by atoms with E-state index in [0.29, 0.717) is 0 Å². The van der Waals surface area contributed by atoms with Crippen LogP contribution in [0.3, 0.4) is 0 Å². The zero-order chi connectivity index (χ0) is 9.14. The predicted molar refractivity (Wildman–Crippen MR) is 41.7 cm³/mol. The number of nitrogens with zero attached hydrogens (tertiary/aromatic N) is 4. The van der Waals surface area contributed by atoms with Gasteiger partial charge in [-0.05, 0) is 18.3 Å². The molecule has 0 amide bonds. The highest BCUT2D eigenvalue weighted by molar-refractivity contribution is 4.97. The highest BCUT2D eigenvalue weighted by Crippen LogP contribution is 2.09. The lowest BCUT2D eigenvalue weighted by atomic mass is 10.3. The van der Waals surface area contributed by atoms with E-state index in [1.807, 2.05) is 13.8 Å². The van der Waals surface area contributed by atoms with Crippen molar-refractivity contribution in [2.45, 2.75) is 26.3 Å². The van der Waals surface area contributed by atoms with Gasteiger partial charge in [-0.1, -0.05) is 11.9 Å². The average molecular weight is 170 g/mol. The summed E-state index contributed by atoms with van der Waals surface area (Å²) in [4.78, 5) is 13.1. The van der Waals surface area contributed by atoms with E-state index in [0.717, 1.165) is 6.42 Å². The van der Waals surface area contributed by atoms with Gasteiger partial charge in [-0.2, -0.15) is 4.68 Å². The number of hydrogen-bond donors (Lipinski definition) is 0. The number of aromatic nitrogens is 3. The number of nitro groups is 1. The normalized spacial score (nSPS) is 12.8. The summed E-state index contributed by atoms with van der Waals surface area (Å²) in [6.07, 6.45) is 2.26. The topological polar surface area (TPSA) is 73.8 Å². The molecule has 0 saturated heterocycles. The molecule has 1 heterocycles. The molecule has 0 fully saturated rings. The van der Waals surface area contributed by atoms with Crippen LogP contribution in [0.1, 0.15) is 26.3 Å². The van der Waals surface area contributed by atoms with Crippen molar-refractivity contribution in [3.8, 4) is 0 Å². The van der Waals surface area contributed by atoms with Crippen molar-refractivity contribution < 1.29 is 4.92 Å². The molecule has 0 bridgehead atoms. The molecule has 0 radical (unpaired) electrons. The summed E-state index contributed by atoms with van der Waals surface area (Å²) in [5.41, 5.74) is 0. The van der Waals surface area contributed by atoms with Gasteiger partial charge in [-0.15, -0.1) is 0 Å². The van der Waals surface area contributed by atoms with Crippen LogP contribution in [0.25, 0.3) is 0 Å². The van der Waals surface area contributed by atoms with Crippen LogP contribution >= 0.6 is 0 Å². The van der Waals surface area contributed by atoms with E-state index in [4.69, 9.17) is 0 Å². The SMILES string of the molecule is CCC(C)n1cnc([N+](=O)[O-])n1. The first-order valence-electron chi connectivity index (χ1n) is 3.70. The fourth-order valence-electron chi connectivity index (χ4n) is 0.749. The summed E-state index contributed by atoms with van der Waals surface area (Å²) in [5, 5.41) is 13.9. The zero-order valence-corrected chi connectivity index (χ0v) is 6.97. The minimum absolute atomic E-state index is 0.159. The maximum atomic E-state index is 10.2. The minimum Gasteiger partial charge on any atom is -0.390 e. The molecule has 0 aromatic carbocycles. The zero-order valence-electron chi connectivity index (χ0n) is 6.97. The largest absolute Gasteiger partial charge is 0.490 e. The van der Waals surface area contributed by atoms with Crippen molar-refractivity contribution in [2.24, 2.45) is 0 Å². The summed E-state index contributed by atoms with van der Waals surface area (Å²) in [6.45, 7) is 3.91. The van der Waals surface area contributed by atoms with E-state index in [9.17, 15) is 10.1 Å². The molecule has 0 saturated carbocycles. The average Bonchev–Trinajstić information content (AvgIpc) is 2.51. The fourth-order valence-corrected chi connectivity index (χ4v) is 0.749. The first-order chi connectivity index (χ1) is 5.65. The van der Waals surface area contributed by atoms with E-state index in [2.05, 4.69) is 10.1 Å². The molecule has 1 rings (SSSR count). The van der Waals surface area contributed by atoms with Crippen LogP contribution in [0.15, 0.2) is 6.33 Å². The van der Waals surface area contributed by atoms with Gasteiger partial charge in [0.2, 0.25) is 6.33 Å². The van der Waals surface area contributed by atoms with Gasteiger partial charge in [-0.25, -0.2) is 0 Å². The number of rotatable bonds is 3. The summed E-state index contributed by atoms with van der Waals surface area (Å²) >= 11 is 0. The quantitative estimate of drug-likeness (QED) is 0.504. The Morgan fingerprint density at radius 1 is 1.83 bits per heavy atom. The second kappa shape index (κ2) is 3.29. The summed E-state index contributed by atoms with van der Waals surface area (Å²) in [5.74, 6) is -0.338. The molecular weight excluding hydrogens is 160 g/mol. The van der Waals surface area contributed by atoms with Crippen molar-refractivity contribution in [2.75, 3.05) is 0 Å². The van der Waals surface area contributed by atoms with Crippen LogP contribution in [-0.2, 0) is 0 Å². The number of hydrogen-bond acceptors (Lipinski definition) is 4. The van der Waals surface area contributed by atoms with Crippen molar-refractivity contribution >= 4 is 5.95 Å². The third-order valence-corrected chi connectivity index (χ3v) is 1.70. The third-order valence-electron chi connectivity index (χ3n) is 1.70. The van der Waals surface area contributed by atoms with Crippen LogP contribution in [-0.4, -0.2) is 19.7 Å². The van der Waals surface area contributed by atoms with Crippen molar-refractivity contribution in [3.05, 3.63) is 16.4 Å². The highest BCUT2D eigenvalue weighted by atomic mass is 16.6. The monoisotopic (exact) mass is 170 g/mol. The van der Waals surface area contributed by atoms with E-state index >= 15 is 0 Å². The van der Waals surface area contributed by atoms with E-state index in [1.54, 1.807) is 0 Å². The Morgan fingerprint density at radius 3 is 2.92 bits per heavy atom. The van der Waals surface area contributed by atoms with Gasteiger partial charge in [0.25, 0.3) is 0 Å². The van der Waals surface area contributed by atoms with E-state index in [1.165, 1.54) is 11.0 Å². The highest BCUT2D eigenvalue weighted by Gasteiger charge is 2.15. The maximum Gasteiger partial charge on any atom is 0.490 e. The molecule has 1 aromatic rings. The lowest BCUT2D eigenvalue weighted by Crippen LogP contribution is -2.04. The lowest BCUT2D eigenvalue weighted by Gasteiger charge is -2.01. The molecule has 66 valence electrons. The molecule has 0 N–H and O–H groups in total. The maximum absolute atomic E-state index is 10.2. The van der Waals surface area contributed by atoms with Gasteiger partial charge in [0.1, 0.15) is 0 Å². The van der Waals surface area contributed by atoms with Crippen molar-refractivity contribution in [1.29, 1.82) is 0 Å². The molecule has 0 aliphatic heterocycles. The Hall–Kier alpha value is -1.46. The van der Waals surface area contributed by atoms with Gasteiger partial charge in [-0.3, -0.25) is 0 Å². The Balaban J connectivity index is 2.84. The molecule has 6 heteroatoms. The Morgan fingerprint density at radius 2 is 2.50 bits per heavy atom. The molecule has 1 unspecified atom stereocenters. The van der Waals surface area contributed by atoms with Gasteiger partial charge in [0.15, 0.2) is 0 Å². The van der Waals surface area contributed by atoms with Crippen LogP contribution in [0, 0.1) is 10.1 Å². The van der Waals surface area contributed by atoms with Crippen LogP contribution in [0.5, 0.6) is 0 Å². The van der Waals surface area contributed by atoms with E-state index < -0.39 is 4.92 Å². The molecule has 1 atom stereocenters. The third kappa shape index (κ3) is 1.58. The van der Waals surface area contributed by atoms with Gasteiger partial charge >= 0.3 is 5.95 Å². The minimum atomic E-state index is -0.598. The molecule has 0 aliphatic rings. The molecular formula is C6H10N4O2. The summed E-state index contributed by atoms with van der Waals surface area (Å²) < 4.78 is 1.50. The predicted octanol–water partition coefficient (Wildman–Crippen LogP) is 1.16. The Bertz CT molecular complexity index is 283. The summed E-state index contributed by atoms with van der Waals surface area (Å²) in [6, 6.07) is 0.159. The molecule has 1 aromatic heterocycles. The smallest absolute Gasteiger partial charge is 0.390 e. The van der Waals surface area contributed by atoms with Crippen molar-refractivity contribution in [3.63, 3.8) is 0 Å². The fraction of sp³-hybridized carbons (Fsp3) is 0.667. The molecule has 0 spiro atoms. The van der Waals surface area contributed by atoms with Gasteiger partial charge < -0.3 is 10.1 Å². The van der Waals surface area contributed by atoms with Gasteiger partial charge in [0, 0.05) is 5.10 Å². The second-order valence-corrected chi connectivity index (χ2v) is 2.54. The second-order valence-electron chi connectivity index (χ2n) is 2.54. The van der Waals surface area contributed by atoms with Gasteiger partial charge in [0.05, 0.1) is 6.04 Å². The lowest BCUT2D eigenvalue weighted by molar-refractivity contribution is -0.394. The van der Waals surface area contributed by atoms with Crippen LogP contribution < -0.4 is 0 Å². The van der Waals surface area contributed by atoms with E-state index in [-0.39, 0.29) is 12.0 Å². The Kier molecular flexibility index (Phi) is 2.37.